The fraction of sp³-hybridized carbons (Fsp3) is 0.176. The lowest BCUT2D eigenvalue weighted by molar-refractivity contribution is 0.0732. The Hall–Kier alpha value is -3.02. The van der Waals surface area contributed by atoms with Crippen LogP contribution < -0.4 is 24.4 Å². The van der Waals surface area contributed by atoms with E-state index in [1.807, 2.05) is 0 Å². The van der Waals surface area contributed by atoms with E-state index in [0.29, 0.717) is 17.2 Å². The van der Waals surface area contributed by atoms with Gasteiger partial charge in [-0.25, -0.2) is 4.79 Å². The highest BCUT2D eigenvalue weighted by Gasteiger charge is 2.18. The number of carbonyl (C=O) groups is 1. The highest BCUT2D eigenvalue weighted by atomic mass is 16.5. The zero-order valence-electron chi connectivity index (χ0n) is 13.0. The Morgan fingerprint density at radius 2 is 1.43 bits per heavy atom. The van der Waals surface area contributed by atoms with Gasteiger partial charge in [-0.2, -0.15) is 0 Å². The molecule has 0 saturated carbocycles. The van der Waals surface area contributed by atoms with Gasteiger partial charge in [0.1, 0.15) is 0 Å². The van der Waals surface area contributed by atoms with E-state index in [9.17, 15) is 9.59 Å². The second-order valence-electron chi connectivity index (χ2n) is 4.44. The minimum absolute atomic E-state index is 0.0613. The van der Waals surface area contributed by atoms with Crippen molar-refractivity contribution >= 4 is 5.97 Å². The van der Waals surface area contributed by atoms with Crippen molar-refractivity contribution in [3.63, 3.8) is 0 Å². The van der Waals surface area contributed by atoms with Gasteiger partial charge in [0.2, 0.25) is 11.2 Å². The van der Waals surface area contributed by atoms with Gasteiger partial charge >= 0.3 is 5.97 Å². The van der Waals surface area contributed by atoms with Gasteiger partial charge < -0.3 is 18.9 Å². The summed E-state index contributed by atoms with van der Waals surface area (Å²) >= 11 is 0. The van der Waals surface area contributed by atoms with Crippen LogP contribution in [0, 0.1) is 0 Å². The van der Waals surface area contributed by atoms with E-state index in [-0.39, 0.29) is 11.3 Å². The van der Waals surface area contributed by atoms with Gasteiger partial charge in [0, 0.05) is 0 Å². The van der Waals surface area contributed by atoms with Crippen LogP contribution in [0.4, 0.5) is 0 Å². The van der Waals surface area contributed by atoms with Gasteiger partial charge in [-0.3, -0.25) is 4.79 Å². The highest BCUT2D eigenvalue weighted by Crippen LogP contribution is 2.38. The van der Waals surface area contributed by atoms with Crippen LogP contribution in [-0.2, 0) is 0 Å². The number of hydrogen-bond donors (Lipinski definition) is 0. The number of carbonyl (C=O) groups excluding carboxylic acids is 1. The number of esters is 1. The summed E-state index contributed by atoms with van der Waals surface area (Å²) in [4.78, 5) is 24.1. The number of ether oxygens (including phenoxy) is 4. The third kappa shape index (κ3) is 3.60. The molecule has 0 bridgehead atoms. The molecule has 0 amide bonds. The lowest BCUT2D eigenvalue weighted by Gasteiger charge is -2.13. The second kappa shape index (κ2) is 7.31. The summed E-state index contributed by atoms with van der Waals surface area (Å²) in [5, 5.41) is 0. The lowest BCUT2D eigenvalue weighted by atomic mass is 10.2. The van der Waals surface area contributed by atoms with Crippen molar-refractivity contribution in [3.05, 3.63) is 58.3 Å². The molecule has 2 rings (SSSR count). The summed E-state index contributed by atoms with van der Waals surface area (Å²) in [6.45, 7) is 0. The molecule has 2 aromatic rings. The van der Waals surface area contributed by atoms with Crippen LogP contribution in [0.15, 0.2) is 47.3 Å². The van der Waals surface area contributed by atoms with Crippen LogP contribution in [-0.4, -0.2) is 27.3 Å². The minimum atomic E-state index is -0.701. The normalized spacial score (nSPS) is 9.87. The number of methoxy groups -OCH3 is 3. The average Bonchev–Trinajstić information content (AvgIpc) is 2.77. The van der Waals surface area contributed by atoms with Gasteiger partial charge in [-0.05, 0) is 24.3 Å². The monoisotopic (exact) mass is 316 g/mol. The minimum Gasteiger partial charge on any atom is -0.493 e. The molecule has 6 heteroatoms. The van der Waals surface area contributed by atoms with E-state index in [1.54, 1.807) is 18.2 Å². The van der Waals surface area contributed by atoms with Crippen molar-refractivity contribution in [2.75, 3.05) is 21.3 Å². The summed E-state index contributed by atoms with van der Waals surface area (Å²) < 4.78 is 20.7. The predicted octanol–water partition coefficient (Wildman–Crippen LogP) is 2.29. The van der Waals surface area contributed by atoms with E-state index in [2.05, 4.69) is 0 Å². The Morgan fingerprint density at radius 3 is 2.00 bits per heavy atom. The fourth-order valence-electron chi connectivity index (χ4n) is 1.96. The molecule has 0 aliphatic heterocycles. The van der Waals surface area contributed by atoms with Crippen LogP contribution >= 0.6 is 0 Å². The van der Waals surface area contributed by atoms with Crippen molar-refractivity contribution < 1.29 is 23.7 Å². The Kier molecular flexibility index (Phi) is 5.19. The Morgan fingerprint density at radius 1 is 0.826 bits per heavy atom. The summed E-state index contributed by atoms with van der Waals surface area (Å²) in [5.41, 5.74) is -0.221. The fourth-order valence-corrected chi connectivity index (χ4v) is 1.96. The molecule has 0 radical (unpaired) electrons. The molecule has 120 valence electrons. The standard InChI is InChI=1S/C17H16O6/c1-20-14-9-11(10-15(21-2)16(14)22-3)17(19)23-13-8-6-4-5-7-12(13)18/h4-10H,1-3H3. The molecule has 0 aliphatic rings. The molecule has 0 fully saturated rings. The summed E-state index contributed by atoms with van der Waals surface area (Å²) in [6.07, 6.45) is 0. The number of benzene rings is 1. The van der Waals surface area contributed by atoms with Crippen molar-refractivity contribution in [1.82, 2.24) is 0 Å². The van der Waals surface area contributed by atoms with E-state index in [1.165, 1.54) is 45.6 Å². The van der Waals surface area contributed by atoms with Crippen LogP contribution in [0.25, 0.3) is 0 Å². The smallest absolute Gasteiger partial charge is 0.343 e. The maximum Gasteiger partial charge on any atom is 0.343 e. The maximum atomic E-state index is 12.3. The third-order valence-electron chi connectivity index (χ3n) is 3.06. The summed E-state index contributed by atoms with van der Waals surface area (Å²) in [7, 11) is 4.35. The Bertz CT molecular complexity index is 744. The SMILES string of the molecule is COc1cc(C(=O)Oc2cccccc2=O)cc(OC)c1OC. The van der Waals surface area contributed by atoms with Crippen LogP contribution in [0.5, 0.6) is 23.0 Å². The van der Waals surface area contributed by atoms with E-state index >= 15 is 0 Å². The van der Waals surface area contributed by atoms with Crippen molar-refractivity contribution in [1.29, 1.82) is 0 Å². The second-order valence-corrected chi connectivity index (χ2v) is 4.44. The average molecular weight is 316 g/mol. The Balaban J connectivity index is 2.40. The van der Waals surface area contributed by atoms with Gasteiger partial charge in [-0.1, -0.05) is 18.2 Å². The highest BCUT2D eigenvalue weighted by molar-refractivity contribution is 5.92. The van der Waals surface area contributed by atoms with Crippen molar-refractivity contribution in [2.24, 2.45) is 0 Å². The van der Waals surface area contributed by atoms with E-state index in [4.69, 9.17) is 18.9 Å². The van der Waals surface area contributed by atoms with Crippen LogP contribution in [0.1, 0.15) is 10.4 Å². The van der Waals surface area contributed by atoms with Crippen molar-refractivity contribution in [2.45, 2.75) is 0 Å². The van der Waals surface area contributed by atoms with Gasteiger partial charge in [0.05, 0.1) is 26.9 Å². The molecular formula is C17H16O6. The largest absolute Gasteiger partial charge is 0.493 e. The van der Waals surface area contributed by atoms with E-state index in [0.717, 1.165) is 0 Å². The predicted molar refractivity (Wildman–Crippen MR) is 83.8 cm³/mol. The zero-order valence-corrected chi connectivity index (χ0v) is 13.0. The first-order chi connectivity index (χ1) is 11.1. The molecule has 0 saturated heterocycles. The first-order valence-electron chi connectivity index (χ1n) is 6.72. The summed E-state index contributed by atoms with van der Waals surface area (Å²) in [5.74, 6) is 0.239. The molecule has 0 atom stereocenters. The first-order valence-corrected chi connectivity index (χ1v) is 6.72. The topological polar surface area (TPSA) is 71.1 Å². The number of hydrogen-bond acceptors (Lipinski definition) is 6. The van der Waals surface area contributed by atoms with Gasteiger partial charge in [0.15, 0.2) is 17.2 Å². The summed E-state index contributed by atoms with van der Waals surface area (Å²) in [6, 6.07) is 10.5. The van der Waals surface area contributed by atoms with E-state index < -0.39 is 11.4 Å². The number of rotatable bonds is 5. The van der Waals surface area contributed by atoms with Gasteiger partial charge in [0.25, 0.3) is 0 Å². The van der Waals surface area contributed by atoms with Crippen LogP contribution in [0.3, 0.4) is 0 Å². The molecular weight excluding hydrogens is 300 g/mol. The maximum absolute atomic E-state index is 12.3. The lowest BCUT2D eigenvalue weighted by Crippen LogP contribution is -2.13. The molecule has 0 spiro atoms. The molecule has 0 aliphatic carbocycles. The molecule has 0 aromatic heterocycles. The molecule has 2 aromatic carbocycles. The molecule has 0 heterocycles. The quantitative estimate of drug-likeness (QED) is 0.788. The third-order valence-corrected chi connectivity index (χ3v) is 3.06. The molecule has 23 heavy (non-hydrogen) atoms. The molecule has 0 unspecified atom stereocenters. The first kappa shape index (κ1) is 16.4. The van der Waals surface area contributed by atoms with Crippen LogP contribution in [0.2, 0.25) is 0 Å². The molecule has 6 nitrogen and oxygen atoms in total. The Labute approximate surface area is 133 Å². The molecule has 0 N–H and O–H groups in total. The van der Waals surface area contributed by atoms with Gasteiger partial charge in [-0.15, -0.1) is 0 Å². The zero-order chi connectivity index (χ0) is 16.8. The van der Waals surface area contributed by atoms with Crippen molar-refractivity contribution in [3.8, 4) is 23.0 Å².